The van der Waals surface area contributed by atoms with Crippen LogP contribution in [-0.4, -0.2) is 21.6 Å². The summed E-state index contributed by atoms with van der Waals surface area (Å²) in [6, 6.07) is 11.8. The fraction of sp³-hybridized carbons (Fsp3) is 0.190. The van der Waals surface area contributed by atoms with Crippen molar-refractivity contribution >= 4 is 23.4 Å². The predicted molar refractivity (Wildman–Crippen MR) is 108 cm³/mol. The second-order valence-electron chi connectivity index (χ2n) is 6.67. The van der Waals surface area contributed by atoms with Crippen LogP contribution in [0.3, 0.4) is 0 Å². The van der Waals surface area contributed by atoms with E-state index >= 15 is 0 Å². The molecule has 0 aliphatic rings. The molecule has 1 aromatic heterocycles. The first-order chi connectivity index (χ1) is 14.9. The van der Waals surface area contributed by atoms with Crippen molar-refractivity contribution in [3.63, 3.8) is 0 Å². The van der Waals surface area contributed by atoms with E-state index in [2.05, 4.69) is 15.3 Å². The summed E-state index contributed by atoms with van der Waals surface area (Å²) in [6.45, 7) is 1.74. The number of aryl methyl sites for hydroxylation is 1. The molecule has 0 fully saturated rings. The Morgan fingerprint density at radius 2 is 1.50 bits per heavy atom. The number of carbonyl (C=O) groups is 1. The Balaban J connectivity index is 1.75. The van der Waals surface area contributed by atoms with Crippen LogP contribution in [0.2, 0.25) is 0 Å². The molecule has 0 aliphatic carbocycles. The summed E-state index contributed by atoms with van der Waals surface area (Å²) in [5, 5.41) is 2.33. The molecule has 0 radical (unpaired) electrons. The van der Waals surface area contributed by atoms with Gasteiger partial charge in [0.05, 0.1) is 22.6 Å². The highest BCUT2D eigenvalue weighted by atomic mass is 32.2. The fourth-order valence-electron chi connectivity index (χ4n) is 2.72. The average molecular weight is 471 g/mol. The zero-order valence-corrected chi connectivity index (χ0v) is 17.2. The molecule has 0 unspecified atom stereocenters. The van der Waals surface area contributed by atoms with Crippen LogP contribution >= 0.6 is 11.8 Å². The third-order valence-electron chi connectivity index (χ3n) is 4.11. The molecule has 1 amide bonds. The van der Waals surface area contributed by atoms with E-state index < -0.39 is 35.1 Å². The van der Waals surface area contributed by atoms with Gasteiger partial charge in [-0.25, -0.2) is 9.97 Å². The number of alkyl halides is 6. The van der Waals surface area contributed by atoms with Gasteiger partial charge in [0.25, 0.3) is 0 Å². The zero-order chi connectivity index (χ0) is 23.5. The number of amides is 1. The van der Waals surface area contributed by atoms with Crippen LogP contribution in [0.15, 0.2) is 59.8 Å². The van der Waals surface area contributed by atoms with Gasteiger partial charge in [-0.3, -0.25) is 4.79 Å². The van der Waals surface area contributed by atoms with Crippen molar-refractivity contribution in [1.82, 2.24) is 9.97 Å². The minimum Gasteiger partial charge on any atom is -0.325 e. The quantitative estimate of drug-likeness (QED) is 0.273. The van der Waals surface area contributed by atoms with E-state index in [1.807, 2.05) is 30.3 Å². The van der Waals surface area contributed by atoms with Gasteiger partial charge in [-0.05, 0) is 31.2 Å². The summed E-state index contributed by atoms with van der Waals surface area (Å²) >= 11 is 0.912. The smallest absolute Gasteiger partial charge is 0.325 e. The molecule has 168 valence electrons. The molecule has 4 nitrogen and oxygen atoms in total. The Kier molecular flexibility index (Phi) is 6.77. The van der Waals surface area contributed by atoms with Gasteiger partial charge in [-0.2, -0.15) is 26.3 Å². The third-order valence-corrected chi connectivity index (χ3v) is 4.95. The molecule has 0 saturated heterocycles. The number of anilines is 1. The van der Waals surface area contributed by atoms with Crippen LogP contribution in [0.1, 0.15) is 16.8 Å². The molecule has 3 aromatic rings. The highest BCUT2D eigenvalue weighted by Gasteiger charge is 2.37. The lowest BCUT2D eigenvalue weighted by Gasteiger charge is -2.14. The first kappa shape index (κ1) is 23.6. The molecule has 32 heavy (non-hydrogen) atoms. The number of benzene rings is 2. The number of thioether (sulfide) groups is 1. The lowest BCUT2D eigenvalue weighted by molar-refractivity contribution is -0.143. The molecule has 0 bridgehead atoms. The van der Waals surface area contributed by atoms with Crippen LogP contribution in [0, 0.1) is 6.92 Å². The topological polar surface area (TPSA) is 54.9 Å². The Bertz CT molecular complexity index is 1080. The van der Waals surface area contributed by atoms with Gasteiger partial charge in [0.2, 0.25) is 5.91 Å². The molecule has 0 saturated carbocycles. The molecule has 0 aliphatic heterocycles. The number of halogens is 6. The van der Waals surface area contributed by atoms with Crippen molar-refractivity contribution in [1.29, 1.82) is 0 Å². The van der Waals surface area contributed by atoms with Crippen molar-refractivity contribution in [2.24, 2.45) is 0 Å². The van der Waals surface area contributed by atoms with E-state index in [1.165, 1.54) is 0 Å². The standard InChI is InChI=1S/C21H15F6N3OS/c1-12-7-17(13-5-3-2-4-6-13)30-19(28-12)32-11-18(31)29-16-9-14(20(22,23)24)8-15(10-16)21(25,26)27/h2-10H,11H2,1H3,(H,29,31). The average Bonchev–Trinajstić information content (AvgIpc) is 2.71. The molecule has 0 spiro atoms. The van der Waals surface area contributed by atoms with Gasteiger partial charge in [-0.15, -0.1) is 0 Å². The van der Waals surface area contributed by atoms with E-state index in [-0.39, 0.29) is 17.0 Å². The minimum absolute atomic E-state index is 0.00387. The predicted octanol–water partition coefficient (Wildman–Crippen LogP) is 6.22. The lowest BCUT2D eigenvalue weighted by Crippen LogP contribution is -2.17. The van der Waals surface area contributed by atoms with Gasteiger partial charge in [0.1, 0.15) is 0 Å². The summed E-state index contributed by atoms with van der Waals surface area (Å²) in [6.07, 6.45) is -10.0. The highest BCUT2D eigenvalue weighted by Crippen LogP contribution is 2.37. The second-order valence-corrected chi connectivity index (χ2v) is 7.62. The zero-order valence-electron chi connectivity index (χ0n) is 16.4. The van der Waals surface area contributed by atoms with E-state index in [4.69, 9.17) is 0 Å². The SMILES string of the molecule is Cc1cc(-c2ccccc2)nc(SCC(=O)Nc2cc(C(F)(F)F)cc(C(F)(F)F)c2)n1. The largest absolute Gasteiger partial charge is 0.416 e. The van der Waals surface area contributed by atoms with Gasteiger partial charge >= 0.3 is 12.4 Å². The first-order valence-electron chi connectivity index (χ1n) is 9.05. The van der Waals surface area contributed by atoms with Gasteiger partial charge in [0.15, 0.2) is 5.16 Å². The van der Waals surface area contributed by atoms with E-state index in [9.17, 15) is 31.1 Å². The van der Waals surface area contributed by atoms with E-state index in [1.54, 1.807) is 13.0 Å². The van der Waals surface area contributed by atoms with Crippen LogP contribution in [0.5, 0.6) is 0 Å². The van der Waals surface area contributed by atoms with Gasteiger partial charge in [0, 0.05) is 16.9 Å². The molecule has 2 aromatic carbocycles. The highest BCUT2D eigenvalue weighted by molar-refractivity contribution is 7.99. The van der Waals surface area contributed by atoms with Crippen molar-refractivity contribution in [3.8, 4) is 11.3 Å². The Morgan fingerprint density at radius 1 is 0.906 bits per heavy atom. The molecular formula is C21H15F6N3OS. The summed E-state index contributed by atoms with van der Waals surface area (Å²) in [5.74, 6) is -1.11. The maximum Gasteiger partial charge on any atom is 0.416 e. The lowest BCUT2D eigenvalue weighted by atomic mass is 10.1. The summed E-state index contributed by atoms with van der Waals surface area (Å²) < 4.78 is 77.7. The minimum atomic E-state index is -5.00. The summed E-state index contributed by atoms with van der Waals surface area (Å²) in [4.78, 5) is 20.8. The monoisotopic (exact) mass is 471 g/mol. The Labute approximate surface area is 183 Å². The molecule has 0 atom stereocenters. The van der Waals surface area contributed by atoms with Crippen LogP contribution in [0.25, 0.3) is 11.3 Å². The van der Waals surface area contributed by atoms with E-state index in [0.29, 0.717) is 23.5 Å². The number of nitrogens with one attached hydrogen (secondary N) is 1. The molecule has 1 N–H and O–H groups in total. The molecule has 1 heterocycles. The van der Waals surface area contributed by atoms with Crippen molar-refractivity contribution in [2.45, 2.75) is 24.4 Å². The van der Waals surface area contributed by atoms with E-state index in [0.717, 1.165) is 17.3 Å². The second kappa shape index (κ2) is 9.19. The fourth-order valence-corrected chi connectivity index (χ4v) is 3.42. The molecule has 11 heteroatoms. The summed E-state index contributed by atoms with van der Waals surface area (Å²) in [5.41, 5.74) is -1.54. The maximum atomic E-state index is 13.0. The number of aromatic nitrogens is 2. The van der Waals surface area contributed by atoms with Crippen molar-refractivity contribution in [3.05, 3.63) is 71.4 Å². The number of hydrogen-bond donors (Lipinski definition) is 1. The normalized spacial score (nSPS) is 12.0. The Morgan fingerprint density at radius 3 is 2.06 bits per heavy atom. The number of carbonyl (C=O) groups excluding carboxylic acids is 1. The van der Waals surface area contributed by atoms with Crippen LogP contribution in [-0.2, 0) is 17.1 Å². The number of nitrogens with zero attached hydrogens (tertiary/aromatic N) is 2. The molecule has 3 rings (SSSR count). The summed E-state index contributed by atoms with van der Waals surface area (Å²) in [7, 11) is 0. The van der Waals surface area contributed by atoms with Gasteiger partial charge < -0.3 is 5.32 Å². The number of hydrogen-bond acceptors (Lipinski definition) is 4. The number of rotatable bonds is 5. The first-order valence-corrected chi connectivity index (χ1v) is 10.0. The maximum absolute atomic E-state index is 13.0. The van der Waals surface area contributed by atoms with Crippen LogP contribution < -0.4 is 5.32 Å². The Hall–Kier alpha value is -3.08. The van der Waals surface area contributed by atoms with Crippen molar-refractivity contribution in [2.75, 3.05) is 11.1 Å². The van der Waals surface area contributed by atoms with Crippen LogP contribution in [0.4, 0.5) is 32.0 Å². The van der Waals surface area contributed by atoms with Gasteiger partial charge in [-0.1, -0.05) is 42.1 Å². The molecular weight excluding hydrogens is 456 g/mol. The third kappa shape index (κ3) is 6.22. The van der Waals surface area contributed by atoms with Crippen molar-refractivity contribution < 1.29 is 31.1 Å².